The van der Waals surface area contributed by atoms with Crippen LogP contribution in [0.25, 0.3) is 0 Å². The number of carboxylic acids is 1. The van der Waals surface area contributed by atoms with Gasteiger partial charge in [-0.25, -0.2) is 4.79 Å². The maximum absolute atomic E-state index is 11.3. The fourth-order valence-electron chi connectivity index (χ4n) is 2.17. The summed E-state index contributed by atoms with van der Waals surface area (Å²) in [7, 11) is 0. The number of nitrogens with one attached hydrogen (secondary N) is 1. The lowest BCUT2D eigenvalue weighted by molar-refractivity contribution is 0.0698. The molecule has 0 amide bonds. The first kappa shape index (κ1) is 15.7. The van der Waals surface area contributed by atoms with Crippen molar-refractivity contribution in [3.63, 3.8) is 0 Å². The summed E-state index contributed by atoms with van der Waals surface area (Å²) in [4.78, 5) is 11.3. The molecule has 0 fully saturated rings. The van der Waals surface area contributed by atoms with Crippen LogP contribution in [0, 0.1) is 0 Å². The fourth-order valence-corrected chi connectivity index (χ4v) is 2.71. The Morgan fingerprint density at radius 2 is 1.95 bits per heavy atom. The molecule has 0 saturated heterocycles. The molecule has 0 spiro atoms. The molecule has 0 aliphatic heterocycles. The molecule has 0 aromatic heterocycles. The predicted octanol–water partition coefficient (Wildman–Crippen LogP) is 5.25. The van der Waals surface area contributed by atoms with Crippen molar-refractivity contribution in [2.45, 2.75) is 19.4 Å². The van der Waals surface area contributed by atoms with Gasteiger partial charge in [-0.1, -0.05) is 48.3 Å². The van der Waals surface area contributed by atoms with Crippen molar-refractivity contribution >= 4 is 34.9 Å². The van der Waals surface area contributed by atoms with E-state index < -0.39 is 5.97 Å². The molecule has 0 saturated carbocycles. The lowest BCUT2D eigenvalue weighted by atomic mass is 10.0. The van der Waals surface area contributed by atoms with Crippen molar-refractivity contribution in [3.05, 3.63) is 63.6 Å². The average Bonchev–Trinajstić information content (AvgIpc) is 2.45. The second-order valence-electron chi connectivity index (χ2n) is 4.62. The first-order valence-corrected chi connectivity index (χ1v) is 7.32. The number of rotatable bonds is 5. The number of halogens is 2. The number of carbonyl (C=O) groups is 1. The molecule has 0 radical (unpaired) electrons. The predicted molar refractivity (Wildman–Crippen MR) is 86.5 cm³/mol. The number of hydrogen-bond donors (Lipinski definition) is 2. The molecule has 1 unspecified atom stereocenters. The number of anilines is 1. The second-order valence-corrected chi connectivity index (χ2v) is 5.47. The molecule has 3 nitrogen and oxygen atoms in total. The Balaban J connectivity index is 2.34. The van der Waals surface area contributed by atoms with Crippen LogP contribution in [-0.2, 0) is 0 Å². The van der Waals surface area contributed by atoms with Crippen LogP contribution in [0.3, 0.4) is 0 Å². The van der Waals surface area contributed by atoms with Gasteiger partial charge in [-0.2, -0.15) is 0 Å². The summed E-state index contributed by atoms with van der Waals surface area (Å²) in [5.74, 6) is -0.963. The van der Waals surface area contributed by atoms with Crippen LogP contribution >= 0.6 is 23.2 Å². The normalized spacial score (nSPS) is 12.0. The number of para-hydroxylation sites is 1. The van der Waals surface area contributed by atoms with E-state index in [0.717, 1.165) is 12.0 Å². The molecule has 21 heavy (non-hydrogen) atoms. The van der Waals surface area contributed by atoms with Crippen molar-refractivity contribution in [2.24, 2.45) is 0 Å². The Morgan fingerprint density at radius 3 is 2.57 bits per heavy atom. The van der Waals surface area contributed by atoms with Gasteiger partial charge in [0.2, 0.25) is 0 Å². The molecule has 2 rings (SSSR count). The minimum absolute atomic E-state index is 0.0877. The van der Waals surface area contributed by atoms with Gasteiger partial charge in [0.1, 0.15) is 0 Å². The molecule has 0 bridgehead atoms. The maximum Gasteiger partial charge on any atom is 0.337 e. The van der Waals surface area contributed by atoms with Gasteiger partial charge in [-0.15, -0.1) is 0 Å². The Kier molecular flexibility index (Phi) is 5.10. The molecular formula is C16H15Cl2NO2. The molecule has 110 valence electrons. The van der Waals surface area contributed by atoms with Gasteiger partial charge < -0.3 is 10.4 Å². The Bertz CT molecular complexity index is 658. The molecule has 0 aliphatic carbocycles. The highest BCUT2D eigenvalue weighted by atomic mass is 35.5. The molecule has 1 atom stereocenters. The molecule has 0 aliphatic rings. The second kappa shape index (κ2) is 6.83. The van der Waals surface area contributed by atoms with E-state index in [1.54, 1.807) is 36.4 Å². The minimum atomic E-state index is -0.963. The van der Waals surface area contributed by atoms with Crippen LogP contribution < -0.4 is 5.32 Å². The summed E-state index contributed by atoms with van der Waals surface area (Å²) in [6, 6.07) is 12.0. The summed E-state index contributed by atoms with van der Waals surface area (Å²) in [6.07, 6.45) is 0.759. The molecule has 2 N–H and O–H groups in total. The van der Waals surface area contributed by atoms with Gasteiger partial charge in [-0.3, -0.25) is 0 Å². The quantitative estimate of drug-likeness (QED) is 0.789. The van der Waals surface area contributed by atoms with Crippen LogP contribution in [-0.4, -0.2) is 11.1 Å². The van der Waals surface area contributed by atoms with Crippen LogP contribution in [0.1, 0.15) is 35.3 Å². The third kappa shape index (κ3) is 3.69. The van der Waals surface area contributed by atoms with Crippen molar-refractivity contribution in [3.8, 4) is 0 Å². The molecule has 0 heterocycles. The number of hydrogen-bond acceptors (Lipinski definition) is 2. The zero-order valence-electron chi connectivity index (χ0n) is 11.4. The third-order valence-electron chi connectivity index (χ3n) is 3.23. The summed E-state index contributed by atoms with van der Waals surface area (Å²) in [6.45, 7) is 2.01. The number of aromatic carboxylic acids is 1. The molecule has 2 aromatic rings. The van der Waals surface area contributed by atoms with E-state index in [4.69, 9.17) is 23.2 Å². The molecule has 5 heteroatoms. The van der Waals surface area contributed by atoms with E-state index in [1.165, 1.54) is 0 Å². The minimum Gasteiger partial charge on any atom is -0.478 e. The third-order valence-corrected chi connectivity index (χ3v) is 3.80. The zero-order valence-corrected chi connectivity index (χ0v) is 12.9. The van der Waals surface area contributed by atoms with E-state index in [0.29, 0.717) is 15.7 Å². The van der Waals surface area contributed by atoms with Crippen LogP contribution in [0.15, 0.2) is 42.5 Å². The monoisotopic (exact) mass is 323 g/mol. The van der Waals surface area contributed by atoms with E-state index >= 15 is 0 Å². The SMILES string of the molecule is CCC(Nc1ccccc1C(=O)O)c1ccc(Cl)cc1Cl. The zero-order chi connectivity index (χ0) is 15.4. The van der Waals surface area contributed by atoms with Gasteiger partial charge in [0.25, 0.3) is 0 Å². The van der Waals surface area contributed by atoms with Crippen molar-refractivity contribution in [1.29, 1.82) is 0 Å². The van der Waals surface area contributed by atoms with E-state index in [9.17, 15) is 9.90 Å². The summed E-state index contributed by atoms with van der Waals surface area (Å²) >= 11 is 12.1. The lowest BCUT2D eigenvalue weighted by Gasteiger charge is -2.21. The van der Waals surface area contributed by atoms with Gasteiger partial charge in [0.15, 0.2) is 0 Å². The van der Waals surface area contributed by atoms with E-state index in [1.807, 2.05) is 13.0 Å². The maximum atomic E-state index is 11.3. The summed E-state index contributed by atoms with van der Waals surface area (Å²) in [5.41, 5.74) is 1.70. The average molecular weight is 324 g/mol. The Hall–Kier alpha value is -1.71. The Labute approximate surface area is 133 Å². The molecular weight excluding hydrogens is 309 g/mol. The molecule has 2 aromatic carbocycles. The number of carboxylic acid groups (broad SMARTS) is 1. The lowest BCUT2D eigenvalue weighted by Crippen LogP contribution is -2.13. The van der Waals surface area contributed by atoms with E-state index in [-0.39, 0.29) is 11.6 Å². The van der Waals surface area contributed by atoms with Crippen molar-refractivity contribution < 1.29 is 9.90 Å². The highest BCUT2D eigenvalue weighted by Crippen LogP contribution is 2.31. The highest BCUT2D eigenvalue weighted by Gasteiger charge is 2.16. The topological polar surface area (TPSA) is 49.3 Å². The van der Waals surface area contributed by atoms with E-state index in [2.05, 4.69) is 5.32 Å². The standard InChI is InChI=1S/C16H15Cl2NO2/c1-2-14(11-8-7-10(17)9-13(11)18)19-15-6-4-3-5-12(15)16(20)21/h3-9,14,19H,2H2,1H3,(H,20,21). The summed E-state index contributed by atoms with van der Waals surface area (Å²) < 4.78 is 0. The van der Waals surface area contributed by atoms with Crippen LogP contribution in [0.5, 0.6) is 0 Å². The van der Waals surface area contributed by atoms with Crippen molar-refractivity contribution in [2.75, 3.05) is 5.32 Å². The van der Waals surface area contributed by atoms with Gasteiger partial charge in [0, 0.05) is 15.7 Å². The van der Waals surface area contributed by atoms with Gasteiger partial charge in [-0.05, 0) is 36.2 Å². The largest absolute Gasteiger partial charge is 0.478 e. The smallest absolute Gasteiger partial charge is 0.337 e. The fraction of sp³-hybridized carbons (Fsp3) is 0.188. The van der Waals surface area contributed by atoms with Crippen LogP contribution in [0.4, 0.5) is 5.69 Å². The van der Waals surface area contributed by atoms with Crippen molar-refractivity contribution in [1.82, 2.24) is 0 Å². The van der Waals surface area contributed by atoms with Crippen LogP contribution in [0.2, 0.25) is 10.0 Å². The first-order valence-electron chi connectivity index (χ1n) is 6.56. The Morgan fingerprint density at radius 1 is 1.24 bits per heavy atom. The first-order chi connectivity index (χ1) is 10.0. The summed E-state index contributed by atoms with van der Waals surface area (Å²) in [5, 5.41) is 13.6. The highest BCUT2D eigenvalue weighted by molar-refractivity contribution is 6.35. The number of benzene rings is 2. The van der Waals surface area contributed by atoms with Gasteiger partial charge >= 0.3 is 5.97 Å². The van der Waals surface area contributed by atoms with Gasteiger partial charge in [0.05, 0.1) is 11.6 Å².